The van der Waals surface area contributed by atoms with Crippen LogP contribution in [0.15, 0.2) is 46.9 Å². The average molecular weight is 355 g/mol. The van der Waals surface area contributed by atoms with Gasteiger partial charge in [0.05, 0.1) is 18.4 Å². The summed E-state index contributed by atoms with van der Waals surface area (Å²) in [6.07, 6.45) is 0. The molecule has 20 heavy (non-hydrogen) atoms. The maximum Gasteiger partial charge on any atom is 0.338 e. The lowest BCUT2D eigenvalue weighted by atomic mass is 10.1. The van der Waals surface area contributed by atoms with Crippen molar-refractivity contribution >= 4 is 39.2 Å². The molecule has 0 spiro atoms. The highest BCUT2D eigenvalue weighted by Gasteiger charge is 2.11. The van der Waals surface area contributed by atoms with Crippen LogP contribution in [0.4, 0.5) is 5.69 Å². The number of halogens is 2. The zero-order valence-electron chi connectivity index (χ0n) is 10.8. The Balaban J connectivity index is 2.19. The molecule has 0 amide bonds. The molecular weight excluding hydrogens is 342 g/mol. The third kappa shape index (κ3) is 3.52. The quantitative estimate of drug-likeness (QED) is 0.822. The van der Waals surface area contributed by atoms with E-state index in [0.29, 0.717) is 17.1 Å². The molecule has 2 rings (SSSR count). The molecule has 0 heterocycles. The lowest BCUT2D eigenvalue weighted by Crippen LogP contribution is -2.09. The number of ether oxygens (including phenoxy) is 1. The number of anilines is 1. The summed E-state index contributed by atoms with van der Waals surface area (Å²) >= 11 is 9.42. The van der Waals surface area contributed by atoms with E-state index in [-0.39, 0.29) is 5.97 Å². The van der Waals surface area contributed by atoms with E-state index in [2.05, 4.69) is 21.2 Å². The van der Waals surface area contributed by atoms with E-state index < -0.39 is 0 Å². The van der Waals surface area contributed by atoms with Crippen molar-refractivity contribution in [2.75, 3.05) is 12.4 Å². The summed E-state index contributed by atoms with van der Waals surface area (Å²) in [6.45, 7) is 0.504. The summed E-state index contributed by atoms with van der Waals surface area (Å²) in [4.78, 5) is 11.7. The molecule has 0 aliphatic heterocycles. The van der Waals surface area contributed by atoms with Crippen molar-refractivity contribution in [2.24, 2.45) is 0 Å². The lowest BCUT2D eigenvalue weighted by Gasteiger charge is -2.11. The molecule has 0 saturated carbocycles. The molecule has 0 radical (unpaired) electrons. The zero-order chi connectivity index (χ0) is 14.5. The summed E-state index contributed by atoms with van der Waals surface area (Å²) < 4.78 is 5.69. The number of benzene rings is 2. The van der Waals surface area contributed by atoms with Gasteiger partial charge in [-0.2, -0.15) is 0 Å². The Morgan fingerprint density at radius 1 is 1.30 bits per heavy atom. The van der Waals surface area contributed by atoms with Gasteiger partial charge in [-0.05, 0) is 45.8 Å². The summed E-state index contributed by atoms with van der Waals surface area (Å²) in [5, 5.41) is 3.90. The van der Waals surface area contributed by atoms with Gasteiger partial charge in [0, 0.05) is 16.0 Å². The number of esters is 1. The minimum absolute atomic E-state index is 0.340. The molecule has 0 fully saturated rings. The summed E-state index contributed by atoms with van der Waals surface area (Å²) in [5.74, 6) is -0.340. The van der Waals surface area contributed by atoms with Crippen LogP contribution in [0.3, 0.4) is 0 Å². The predicted molar refractivity (Wildman–Crippen MR) is 84.3 cm³/mol. The summed E-state index contributed by atoms with van der Waals surface area (Å²) in [7, 11) is 1.38. The average Bonchev–Trinajstić information content (AvgIpc) is 2.47. The monoisotopic (exact) mass is 353 g/mol. The minimum atomic E-state index is -0.340. The molecule has 2 aromatic carbocycles. The Hall–Kier alpha value is -1.52. The van der Waals surface area contributed by atoms with Crippen molar-refractivity contribution in [1.29, 1.82) is 0 Å². The van der Waals surface area contributed by atoms with Gasteiger partial charge < -0.3 is 10.1 Å². The fourth-order valence-corrected chi connectivity index (χ4v) is 2.37. The van der Waals surface area contributed by atoms with Gasteiger partial charge in [0.25, 0.3) is 0 Å². The van der Waals surface area contributed by atoms with E-state index >= 15 is 0 Å². The molecule has 5 heteroatoms. The van der Waals surface area contributed by atoms with Crippen LogP contribution in [0.2, 0.25) is 5.02 Å². The van der Waals surface area contributed by atoms with Crippen molar-refractivity contribution in [3.63, 3.8) is 0 Å². The van der Waals surface area contributed by atoms with E-state index in [0.717, 1.165) is 15.7 Å². The van der Waals surface area contributed by atoms with Gasteiger partial charge in [0.2, 0.25) is 0 Å². The number of carbonyl (C=O) groups excluding carboxylic acids is 1. The van der Waals surface area contributed by atoms with Gasteiger partial charge in [-0.15, -0.1) is 0 Å². The van der Waals surface area contributed by atoms with Crippen LogP contribution in [0.5, 0.6) is 0 Å². The first-order valence-corrected chi connectivity index (χ1v) is 7.14. The second-order valence-corrected chi connectivity index (χ2v) is 5.42. The Kier molecular flexibility index (Phi) is 5.04. The van der Waals surface area contributed by atoms with E-state index in [4.69, 9.17) is 16.3 Å². The third-order valence-electron chi connectivity index (χ3n) is 2.82. The summed E-state index contributed by atoms with van der Waals surface area (Å²) in [5.41, 5.74) is 2.30. The van der Waals surface area contributed by atoms with Gasteiger partial charge in [-0.3, -0.25) is 0 Å². The van der Waals surface area contributed by atoms with Gasteiger partial charge in [0.15, 0.2) is 0 Å². The van der Waals surface area contributed by atoms with Gasteiger partial charge in [0.1, 0.15) is 0 Å². The van der Waals surface area contributed by atoms with Crippen LogP contribution in [-0.2, 0) is 11.3 Å². The number of carbonyl (C=O) groups is 1. The fourth-order valence-electron chi connectivity index (χ4n) is 1.81. The Morgan fingerprint density at radius 2 is 2.05 bits per heavy atom. The van der Waals surface area contributed by atoms with E-state index in [9.17, 15) is 4.79 Å². The highest BCUT2D eigenvalue weighted by molar-refractivity contribution is 9.10. The first-order chi connectivity index (χ1) is 9.61. The third-order valence-corrected chi connectivity index (χ3v) is 3.75. The van der Waals surface area contributed by atoms with Crippen molar-refractivity contribution in [2.45, 2.75) is 6.54 Å². The molecule has 2 aromatic rings. The standard InChI is InChI=1S/C15H13BrClNO2/c1-20-15(19)12-5-3-2-4-10(12)9-18-14-8-11(17)6-7-13(14)16/h2-8,18H,9H2,1H3. The SMILES string of the molecule is COC(=O)c1ccccc1CNc1cc(Cl)ccc1Br. The molecule has 0 aliphatic carbocycles. The van der Waals surface area contributed by atoms with E-state index in [1.807, 2.05) is 30.3 Å². The highest BCUT2D eigenvalue weighted by Crippen LogP contribution is 2.26. The molecule has 0 saturated heterocycles. The Morgan fingerprint density at radius 3 is 2.80 bits per heavy atom. The topological polar surface area (TPSA) is 38.3 Å². The van der Waals surface area contributed by atoms with Crippen molar-refractivity contribution in [3.05, 3.63) is 63.1 Å². The van der Waals surface area contributed by atoms with Crippen LogP contribution < -0.4 is 5.32 Å². The van der Waals surface area contributed by atoms with Crippen LogP contribution in [0.1, 0.15) is 15.9 Å². The Bertz CT molecular complexity index is 631. The molecule has 0 aliphatic rings. The second kappa shape index (κ2) is 6.77. The largest absolute Gasteiger partial charge is 0.465 e. The predicted octanol–water partition coefficient (Wildman–Crippen LogP) is 4.50. The fraction of sp³-hybridized carbons (Fsp3) is 0.133. The maximum absolute atomic E-state index is 11.7. The number of hydrogen-bond acceptors (Lipinski definition) is 3. The maximum atomic E-state index is 11.7. The molecule has 0 unspecified atom stereocenters. The van der Waals surface area contributed by atoms with Crippen LogP contribution in [0.25, 0.3) is 0 Å². The smallest absolute Gasteiger partial charge is 0.338 e. The second-order valence-electron chi connectivity index (χ2n) is 4.13. The normalized spacial score (nSPS) is 10.2. The summed E-state index contributed by atoms with van der Waals surface area (Å²) in [6, 6.07) is 12.8. The first kappa shape index (κ1) is 14.9. The van der Waals surface area contributed by atoms with Crippen molar-refractivity contribution in [1.82, 2.24) is 0 Å². The number of hydrogen-bond donors (Lipinski definition) is 1. The number of nitrogens with one attached hydrogen (secondary N) is 1. The minimum Gasteiger partial charge on any atom is -0.465 e. The zero-order valence-corrected chi connectivity index (χ0v) is 13.2. The van der Waals surface area contributed by atoms with Gasteiger partial charge in [-0.25, -0.2) is 4.79 Å². The highest BCUT2D eigenvalue weighted by atomic mass is 79.9. The van der Waals surface area contributed by atoms with Crippen LogP contribution in [-0.4, -0.2) is 13.1 Å². The van der Waals surface area contributed by atoms with Crippen molar-refractivity contribution in [3.8, 4) is 0 Å². The van der Waals surface area contributed by atoms with Crippen LogP contribution in [0, 0.1) is 0 Å². The first-order valence-electron chi connectivity index (χ1n) is 5.97. The van der Waals surface area contributed by atoms with Crippen molar-refractivity contribution < 1.29 is 9.53 Å². The Labute approximate surface area is 131 Å². The molecule has 3 nitrogen and oxygen atoms in total. The van der Waals surface area contributed by atoms with E-state index in [1.165, 1.54) is 7.11 Å². The molecular formula is C15H13BrClNO2. The molecule has 0 aromatic heterocycles. The van der Waals surface area contributed by atoms with Crippen LogP contribution >= 0.6 is 27.5 Å². The molecule has 1 N–H and O–H groups in total. The molecule has 0 bridgehead atoms. The van der Waals surface area contributed by atoms with E-state index in [1.54, 1.807) is 12.1 Å². The number of methoxy groups -OCH3 is 1. The molecule has 0 atom stereocenters. The number of rotatable bonds is 4. The van der Waals surface area contributed by atoms with Gasteiger partial charge in [-0.1, -0.05) is 29.8 Å². The molecule has 104 valence electrons. The van der Waals surface area contributed by atoms with Gasteiger partial charge >= 0.3 is 5.97 Å². The lowest BCUT2D eigenvalue weighted by molar-refractivity contribution is 0.0599.